The quantitative estimate of drug-likeness (QED) is 0.562. The van der Waals surface area contributed by atoms with Crippen molar-refractivity contribution in [2.24, 2.45) is 0 Å². The number of hydrogen-bond acceptors (Lipinski definition) is 1. The maximum Gasteiger partial charge on any atom is 0.123 e. The Morgan fingerprint density at radius 1 is 1.05 bits per heavy atom. The molecule has 1 aliphatic rings. The second-order valence-electron chi connectivity index (χ2n) is 5.52. The van der Waals surface area contributed by atoms with Gasteiger partial charge in [0.1, 0.15) is 5.82 Å². The topological polar surface area (TPSA) is 27.8 Å². The number of aromatic nitrogens is 1. The monoisotopic (exact) mass is 422 g/mol. The van der Waals surface area contributed by atoms with E-state index in [-0.39, 0.29) is 11.9 Å². The maximum absolute atomic E-state index is 13.6. The molecule has 0 aliphatic carbocycles. The fourth-order valence-electron chi connectivity index (χ4n) is 3.18. The highest BCUT2D eigenvalue weighted by molar-refractivity contribution is 9.13. The first-order valence-corrected chi connectivity index (χ1v) is 8.70. The Balaban J connectivity index is 1.88. The normalized spacial score (nSPS) is 17.7. The molecule has 22 heavy (non-hydrogen) atoms. The highest BCUT2D eigenvalue weighted by Crippen LogP contribution is 2.35. The van der Waals surface area contributed by atoms with E-state index in [1.165, 1.54) is 17.2 Å². The van der Waals surface area contributed by atoms with Gasteiger partial charge in [-0.2, -0.15) is 0 Å². The Kier molecular flexibility index (Phi) is 3.59. The van der Waals surface area contributed by atoms with Gasteiger partial charge >= 0.3 is 0 Å². The predicted molar refractivity (Wildman–Crippen MR) is 93.6 cm³/mol. The van der Waals surface area contributed by atoms with Crippen LogP contribution >= 0.6 is 31.9 Å². The van der Waals surface area contributed by atoms with Crippen molar-refractivity contribution in [2.75, 3.05) is 6.54 Å². The number of hydrogen-bond donors (Lipinski definition) is 2. The van der Waals surface area contributed by atoms with Gasteiger partial charge in [0.15, 0.2) is 0 Å². The summed E-state index contributed by atoms with van der Waals surface area (Å²) in [5, 5.41) is 4.55. The molecule has 0 saturated carbocycles. The highest BCUT2D eigenvalue weighted by Gasteiger charge is 2.25. The van der Waals surface area contributed by atoms with Crippen LogP contribution in [0.15, 0.2) is 45.3 Å². The zero-order valence-corrected chi connectivity index (χ0v) is 14.8. The van der Waals surface area contributed by atoms with Crippen molar-refractivity contribution in [3.8, 4) is 0 Å². The molecule has 0 radical (unpaired) electrons. The Morgan fingerprint density at radius 2 is 1.91 bits per heavy atom. The van der Waals surface area contributed by atoms with Crippen LogP contribution in [-0.4, -0.2) is 11.5 Å². The van der Waals surface area contributed by atoms with E-state index < -0.39 is 0 Å². The van der Waals surface area contributed by atoms with Gasteiger partial charge in [-0.3, -0.25) is 0 Å². The van der Waals surface area contributed by atoms with Crippen molar-refractivity contribution in [2.45, 2.75) is 12.5 Å². The standard InChI is InChI=1S/C17H13Br2FN2/c18-13-3-1-9(7-14(13)19)16-17-11(5-6-21-16)12-8-10(20)2-4-15(12)22-17/h1-4,7-8,16,21-22H,5-6H2. The van der Waals surface area contributed by atoms with Gasteiger partial charge in [0.05, 0.1) is 6.04 Å². The summed E-state index contributed by atoms with van der Waals surface area (Å²) in [5.74, 6) is -0.184. The first kappa shape index (κ1) is 14.4. The summed E-state index contributed by atoms with van der Waals surface area (Å²) >= 11 is 7.07. The van der Waals surface area contributed by atoms with E-state index in [0.29, 0.717) is 0 Å². The number of halogens is 3. The summed E-state index contributed by atoms with van der Waals surface area (Å²) in [6.45, 7) is 0.884. The minimum absolute atomic E-state index is 0.101. The molecular weight excluding hydrogens is 411 g/mol. The van der Waals surface area contributed by atoms with E-state index in [4.69, 9.17) is 0 Å². The molecule has 3 aromatic rings. The van der Waals surface area contributed by atoms with E-state index >= 15 is 0 Å². The van der Waals surface area contributed by atoms with Crippen molar-refractivity contribution < 1.29 is 4.39 Å². The SMILES string of the molecule is Fc1ccc2[nH]c3c(c2c1)CCNC3c1ccc(Br)c(Br)c1. The van der Waals surface area contributed by atoms with Gasteiger partial charge in [0.25, 0.3) is 0 Å². The lowest BCUT2D eigenvalue weighted by atomic mass is 9.94. The fraction of sp³-hybridized carbons (Fsp3) is 0.176. The molecule has 4 rings (SSSR count). The molecule has 1 aromatic heterocycles. The predicted octanol–water partition coefficient (Wildman–Crippen LogP) is 5.07. The van der Waals surface area contributed by atoms with Gasteiger partial charge in [0, 0.05) is 32.1 Å². The summed E-state index contributed by atoms with van der Waals surface area (Å²) in [7, 11) is 0. The van der Waals surface area contributed by atoms with Crippen LogP contribution in [0.25, 0.3) is 10.9 Å². The number of aromatic amines is 1. The van der Waals surface area contributed by atoms with E-state index in [0.717, 1.165) is 38.5 Å². The summed E-state index contributed by atoms with van der Waals surface area (Å²) in [6.07, 6.45) is 0.910. The molecule has 2 heterocycles. The maximum atomic E-state index is 13.6. The van der Waals surface area contributed by atoms with Crippen LogP contribution in [0.4, 0.5) is 4.39 Å². The lowest BCUT2D eigenvalue weighted by molar-refractivity contribution is 0.560. The number of benzene rings is 2. The molecule has 5 heteroatoms. The van der Waals surface area contributed by atoms with Gasteiger partial charge < -0.3 is 10.3 Å². The molecule has 112 valence electrons. The van der Waals surface area contributed by atoms with Crippen LogP contribution in [0.1, 0.15) is 22.9 Å². The molecule has 1 atom stereocenters. The van der Waals surface area contributed by atoms with Crippen LogP contribution < -0.4 is 5.32 Å². The van der Waals surface area contributed by atoms with E-state index in [2.05, 4.69) is 54.3 Å². The van der Waals surface area contributed by atoms with Crippen LogP contribution in [0.3, 0.4) is 0 Å². The Labute approximate surface area is 144 Å². The molecule has 1 aliphatic heterocycles. The zero-order valence-electron chi connectivity index (χ0n) is 11.6. The van der Waals surface area contributed by atoms with Crippen molar-refractivity contribution in [1.29, 1.82) is 0 Å². The summed E-state index contributed by atoms with van der Waals surface area (Å²) < 4.78 is 15.6. The van der Waals surface area contributed by atoms with Crippen LogP contribution in [0.5, 0.6) is 0 Å². The Hall–Kier alpha value is -1.17. The molecule has 2 nitrogen and oxygen atoms in total. The van der Waals surface area contributed by atoms with Crippen LogP contribution in [-0.2, 0) is 6.42 Å². The molecule has 0 fully saturated rings. The lowest BCUT2D eigenvalue weighted by Gasteiger charge is -2.25. The second kappa shape index (κ2) is 5.48. The fourth-order valence-corrected chi connectivity index (χ4v) is 3.82. The van der Waals surface area contributed by atoms with Crippen molar-refractivity contribution >= 4 is 42.8 Å². The number of nitrogens with one attached hydrogen (secondary N) is 2. The second-order valence-corrected chi connectivity index (χ2v) is 7.23. The molecule has 1 unspecified atom stereocenters. The largest absolute Gasteiger partial charge is 0.357 e. The molecule has 0 bridgehead atoms. The van der Waals surface area contributed by atoms with Gasteiger partial charge in [0.2, 0.25) is 0 Å². The molecule has 0 saturated heterocycles. The minimum atomic E-state index is -0.184. The van der Waals surface area contributed by atoms with E-state index in [9.17, 15) is 4.39 Å². The third-order valence-corrected chi connectivity index (χ3v) is 6.07. The smallest absolute Gasteiger partial charge is 0.123 e. The van der Waals surface area contributed by atoms with Crippen LogP contribution in [0.2, 0.25) is 0 Å². The summed E-state index contributed by atoms with van der Waals surface area (Å²) in [4.78, 5) is 3.47. The molecular formula is C17H13Br2FN2. The zero-order chi connectivity index (χ0) is 15.3. The van der Waals surface area contributed by atoms with Crippen molar-refractivity contribution in [3.05, 3.63) is 68.0 Å². The number of H-pyrrole nitrogens is 1. The Morgan fingerprint density at radius 3 is 2.73 bits per heavy atom. The third kappa shape index (κ3) is 2.32. The number of fused-ring (bicyclic) bond motifs is 3. The highest BCUT2D eigenvalue weighted by atomic mass is 79.9. The van der Waals surface area contributed by atoms with Crippen LogP contribution in [0, 0.1) is 5.82 Å². The van der Waals surface area contributed by atoms with Crippen molar-refractivity contribution in [3.63, 3.8) is 0 Å². The van der Waals surface area contributed by atoms with E-state index in [1.807, 2.05) is 12.1 Å². The first-order valence-electron chi connectivity index (χ1n) is 7.12. The molecule has 0 amide bonds. The first-order chi connectivity index (χ1) is 10.6. The van der Waals surface area contributed by atoms with Crippen molar-refractivity contribution in [1.82, 2.24) is 10.3 Å². The summed E-state index contributed by atoms with van der Waals surface area (Å²) in [5.41, 5.74) is 4.54. The molecule has 2 aromatic carbocycles. The Bertz CT molecular complexity index is 872. The third-order valence-electron chi connectivity index (χ3n) is 4.19. The molecule has 0 spiro atoms. The van der Waals surface area contributed by atoms with Gasteiger partial charge in [-0.25, -0.2) is 4.39 Å². The minimum Gasteiger partial charge on any atom is -0.357 e. The average Bonchev–Trinajstić information content (AvgIpc) is 2.88. The average molecular weight is 424 g/mol. The van der Waals surface area contributed by atoms with E-state index in [1.54, 1.807) is 6.07 Å². The summed E-state index contributed by atoms with van der Waals surface area (Å²) in [6, 6.07) is 11.3. The van der Waals surface area contributed by atoms with Gasteiger partial charge in [-0.05, 0) is 79.7 Å². The lowest BCUT2D eigenvalue weighted by Crippen LogP contribution is -2.30. The number of rotatable bonds is 1. The molecule has 2 N–H and O–H groups in total. The van der Waals surface area contributed by atoms with Gasteiger partial charge in [-0.1, -0.05) is 6.07 Å². The van der Waals surface area contributed by atoms with Gasteiger partial charge in [-0.15, -0.1) is 0 Å².